The first-order valence-electron chi connectivity index (χ1n) is 11.8. The second-order valence-electron chi connectivity index (χ2n) is 9.33. The Labute approximate surface area is 208 Å². The Hall–Kier alpha value is -2.96. The maximum atomic E-state index is 15.4. The van der Waals surface area contributed by atoms with Gasteiger partial charge in [0.05, 0.1) is 12.1 Å². The van der Waals surface area contributed by atoms with Crippen molar-refractivity contribution in [3.8, 4) is 0 Å². The Morgan fingerprint density at radius 1 is 1.33 bits per heavy atom. The third-order valence-corrected chi connectivity index (χ3v) is 6.51. The minimum Gasteiger partial charge on any atom is -0.390 e. The number of piperidine rings is 1. The molecule has 0 spiro atoms. The van der Waals surface area contributed by atoms with Crippen molar-refractivity contribution in [2.45, 2.75) is 38.3 Å². The molecule has 2 atom stereocenters. The van der Waals surface area contributed by atoms with Gasteiger partial charge in [0.2, 0.25) is 11.7 Å². The number of carbonyl (C=O) groups is 1. The lowest BCUT2D eigenvalue weighted by molar-refractivity contribution is -0.121. The number of nitrogens with one attached hydrogen (secondary N) is 1. The minimum absolute atomic E-state index is 0.00764. The average molecular weight is 511 g/mol. The highest BCUT2D eigenvalue weighted by Crippen LogP contribution is 2.30. The largest absolute Gasteiger partial charge is 0.390 e. The Bertz CT molecular complexity index is 1040. The van der Waals surface area contributed by atoms with Gasteiger partial charge in [0.15, 0.2) is 11.6 Å². The molecule has 3 rings (SSSR count). The van der Waals surface area contributed by atoms with E-state index >= 15 is 4.39 Å². The number of anilines is 2. The van der Waals surface area contributed by atoms with Crippen molar-refractivity contribution in [2.75, 3.05) is 49.5 Å². The molecule has 0 aliphatic carbocycles. The molecule has 1 aliphatic heterocycles. The van der Waals surface area contributed by atoms with E-state index in [0.717, 1.165) is 0 Å². The molecule has 1 aromatic heterocycles. The zero-order chi connectivity index (χ0) is 26.5. The van der Waals surface area contributed by atoms with E-state index in [9.17, 15) is 18.7 Å². The summed E-state index contributed by atoms with van der Waals surface area (Å²) in [5.41, 5.74) is 4.51. The summed E-state index contributed by atoms with van der Waals surface area (Å²) in [7, 11) is 0. The van der Waals surface area contributed by atoms with Crippen LogP contribution in [0.25, 0.3) is 0 Å². The first kappa shape index (κ1) is 27.6. The molecule has 36 heavy (non-hydrogen) atoms. The summed E-state index contributed by atoms with van der Waals surface area (Å²) in [6.45, 7) is 4.02. The number of primary amides is 1. The molecule has 12 heteroatoms. The fraction of sp³-hybridized carbons (Fsp3) is 0.542. The Kier molecular flexibility index (Phi) is 8.75. The molecular weight excluding hydrogens is 477 g/mol. The maximum absolute atomic E-state index is 15.4. The Morgan fingerprint density at radius 3 is 2.61 bits per heavy atom. The second kappa shape index (κ2) is 11.4. The van der Waals surface area contributed by atoms with E-state index in [4.69, 9.17) is 10.8 Å². The van der Waals surface area contributed by atoms with Crippen molar-refractivity contribution in [1.29, 1.82) is 0 Å². The standard InChI is InChI=1S/C24H33F3N6O3/c1-3-33(11-16-4-6-17(7-5-16)24(26,27)14-34)22-20(25)21(30-15-31-22)29-10-18-8-9-32(12-19(28)35)13-23(18,2)36/h4-7,15,18,34,36H,3,8-14H2,1-2H3,(H2,28,35)(H,29,30,31)/t18-,23-/m0/s1. The van der Waals surface area contributed by atoms with Crippen LogP contribution < -0.4 is 16.0 Å². The number of rotatable bonds is 11. The molecule has 0 radical (unpaired) electrons. The molecule has 1 saturated heterocycles. The monoisotopic (exact) mass is 510 g/mol. The number of nitrogens with two attached hydrogens (primary N) is 1. The fourth-order valence-electron chi connectivity index (χ4n) is 4.41. The predicted octanol–water partition coefficient (Wildman–Crippen LogP) is 1.70. The van der Waals surface area contributed by atoms with Crippen LogP contribution in [0.15, 0.2) is 30.6 Å². The van der Waals surface area contributed by atoms with Crippen molar-refractivity contribution in [3.63, 3.8) is 0 Å². The molecule has 2 heterocycles. The van der Waals surface area contributed by atoms with Gasteiger partial charge >= 0.3 is 0 Å². The third-order valence-electron chi connectivity index (χ3n) is 6.51. The number of aromatic nitrogens is 2. The van der Waals surface area contributed by atoms with E-state index in [1.54, 1.807) is 16.7 Å². The lowest BCUT2D eigenvalue weighted by Crippen LogP contribution is -2.55. The number of carbonyl (C=O) groups excluding carboxylic acids is 1. The van der Waals surface area contributed by atoms with Gasteiger partial charge < -0.3 is 26.2 Å². The van der Waals surface area contributed by atoms with E-state index in [2.05, 4.69) is 15.3 Å². The number of aliphatic hydroxyl groups excluding tert-OH is 1. The van der Waals surface area contributed by atoms with Gasteiger partial charge in [-0.25, -0.2) is 9.97 Å². The van der Waals surface area contributed by atoms with Crippen molar-refractivity contribution in [1.82, 2.24) is 14.9 Å². The van der Waals surface area contributed by atoms with Gasteiger partial charge in [0, 0.05) is 37.7 Å². The number of halogens is 3. The number of likely N-dealkylation sites (tertiary alicyclic amines) is 1. The Morgan fingerprint density at radius 2 is 2.03 bits per heavy atom. The maximum Gasteiger partial charge on any atom is 0.295 e. The highest BCUT2D eigenvalue weighted by Gasteiger charge is 2.38. The van der Waals surface area contributed by atoms with E-state index in [1.807, 2.05) is 6.92 Å². The number of amides is 1. The van der Waals surface area contributed by atoms with Crippen LogP contribution in [0.1, 0.15) is 31.4 Å². The number of nitrogens with zero attached hydrogens (tertiary/aromatic N) is 4. The van der Waals surface area contributed by atoms with Crippen LogP contribution in [0.3, 0.4) is 0 Å². The average Bonchev–Trinajstić information content (AvgIpc) is 2.82. The number of aliphatic hydroxyl groups is 2. The molecule has 1 fully saturated rings. The zero-order valence-electron chi connectivity index (χ0n) is 20.4. The second-order valence-corrected chi connectivity index (χ2v) is 9.33. The molecular formula is C24H33F3N6O3. The van der Waals surface area contributed by atoms with E-state index in [1.165, 1.54) is 30.6 Å². The number of alkyl halides is 2. The summed E-state index contributed by atoms with van der Waals surface area (Å²) in [6.07, 6.45) is 1.82. The van der Waals surface area contributed by atoms with Crippen LogP contribution in [0.4, 0.5) is 24.8 Å². The lowest BCUT2D eigenvalue weighted by Gasteiger charge is -2.42. The number of hydrogen-bond donors (Lipinski definition) is 4. The van der Waals surface area contributed by atoms with Gasteiger partial charge in [-0.15, -0.1) is 0 Å². The molecule has 198 valence electrons. The molecule has 9 nitrogen and oxygen atoms in total. The normalized spacial score (nSPS) is 20.8. The highest BCUT2D eigenvalue weighted by molar-refractivity contribution is 5.75. The molecule has 5 N–H and O–H groups in total. The van der Waals surface area contributed by atoms with Crippen LogP contribution in [-0.4, -0.2) is 75.9 Å². The first-order valence-corrected chi connectivity index (χ1v) is 11.8. The number of benzene rings is 1. The van der Waals surface area contributed by atoms with Gasteiger partial charge in [-0.2, -0.15) is 13.2 Å². The van der Waals surface area contributed by atoms with Gasteiger partial charge in [-0.05, 0) is 32.4 Å². The minimum atomic E-state index is -3.33. The SMILES string of the molecule is CCN(Cc1ccc(C(F)(F)CO)cc1)c1ncnc(NC[C@@H]2CCN(CC(N)=O)C[C@]2(C)O)c1F. The van der Waals surface area contributed by atoms with Crippen LogP contribution in [0.2, 0.25) is 0 Å². The van der Waals surface area contributed by atoms with E-state index in [0.29, 0.717) is 25.1 Å². The predicted molar refractivity (Wildman–Crippen MR) is 129 cm³/mol. The molecule has 1 aliphatic rings. The highest BCUT2D eigenvalue weighted by atomic mass is 19.3. The Balaban J connectivity index is 1.68. The lowest BCUT2D eigenvalue weighted by atomic mass is 9.82. The number of hydrogen-bond acceptors (Lipinski definition) is 8. The third kappa shape index (κ3) is 6.62. The summed E-state index contributed by atoms with van der Waals surface area (Å²) < 4.78 is 42.7. The van der Waals surface area contributed by atoms with Crippen LogP contribution >= 0.6 is 0 Å². The molecule has 0 bridgehead atoms. The van der Waals surface area contributed by atoms with Gasteiger partial charge in [-0.1, -0.05) is 24.3 Å². The molecule has 1 aromatic carbocycles. The fourth-order valence-corrected chi connectivity index (χ4v) is 4.41. The van der Waals surface area contributed by atoms with Crippen molar-refractivity contribution < 1.29 is 28.2 Å². The van der Waals surface area contributed by atoms with Gasteiger partial charge in [-0.3, -0.25) is 9.69 Å². The first-order chi connectivity index (χ1) is 17.0. The van der Waals surface area contributed by atoms with Gasteiger partial charge in [0.1, 0.15) is 12.9 Å². The summed E-state index contributed by atoms with van der Waals surface area (Å²) in [6, 6.07) is 5.49. The summed E-state index contributed by atoms with van der Waals surface area (Å²) in [5.74, 6) is -4.61. The number of β-amino-alcohol motifs (C(OH)–C–C–N with tert-alkyl or cyclic N) is 1. The molecule has 0 unspecified atom stereocenters. The van der Waals surface area contributed by atoms with Crippen molar-refractivity contribution in [2.24, 2.45) is 11.7 Å². The molecule has 1 amide bonds. The van der Waals surface area contributed by atoms with Crippen LogP contribution in [0, 0.1) is 11.7 Å². The van der Waals surface area contributed by atoms with Crippen molar-refractivity contribution >= 4 is 17.5 Å². The summed E-state index contributed by atoms with van der Waals surface area (Å²) in [4.78, 5) is 22.7. The van der Waals surface area contributed by atoms with Crippen LogP contribution in [0.5, 0.6) is 0 Å². The summed E-state index contributed by atoms with van der Waals surface area (Å²) in [5, 5.41) is 22.7. The zero-order valence-corrected chi connectivity index (χ0v) is 20.4. The van der Waals surface area contributed by atoms with Crippen molar-refractivity contribution in [3.05, 3.63) is 47.5 Å². The van der Waals surface area contributed by atoms with Gasteiger partial charge in [0.25, 0.3) is 5.92 Å². The molecule has 2 aromatic rings. The van der Waals surface area contributed by atoms with Crippen LogP contribution in [-0.2, 0) is 17.3 Å². The smallest absolute Gasteiger partial charge is 0.295 e. The molecule has 0 saturated carbocycles. The quantitative estimate of drug-likeness (QED) is 0.360. The summed E-state index contributed by atoms with van der Waals surface area (Å²) >= 11 is 0. The van der Waals surface area contributed by atoms with E-state index in [-0.39, 0.29) is 49.3 Å². The van der Waals surface area contributed by atoms with E-state index < -0.39 is 29.9 Å². The topological polar surface area (TPSA) is 128 Å².